The number of benzene rings is 1. The van der Waals surface area contributed by atoms with Crippen LogP contribution in [0.2, 0.25) is 0 Å². The molecule has 4 rings (SSSR count). The van der Waals surface area contributed by atoms with Crippen molar-refractivity contribution >= 4 is 11.6 Å². The first-order valence-electron chi connectivity index (χ1n) is 9.44. The van der Waals surface area contributed by atoms with E-state index >= 15 is 0 Å². The molecule has 2 aromatic rings. The maximum atomic E-state index is 12.2. The molecule has 0 N–H and O–H groups in total. The topological polar surface area (TPSA) is 55.0 Å². The summed E-state index contributed by atoms with van der Waals surface area (Å²) in [5.41, 5.74) is 3.11. The lowest BCUT2D eigenvalue weighted by atomic mass is 10.0. The van der Waals surface area contributed by atoms with E-state index in [9.17, 15) is 4.79 Å². The Morgan fingerprint density at radius 3 is 2.70 bits per heavy atom. The van der Waals surface area contributed by atoms with Gasteiger partial charge >= 0.3 is 0 Å². The van der Waals surface area contributed by atoms with Gasteiger partial charge in [-0.05, 0) is 43.5 Å². The first-order chi connectivity index (χ1) is 13.2. The van der Waals surface area contributed by atoms with E-state index in [1.807, 2.05) is 12.1 Å². The van der Waals surface area contributed by atoms with Crippen LogP contribution in [-0.4, -0.2) is 42.8 Å². The van der Waals surface area contributed by atoms with E-state index in [-0.39, 0.29) is 11.7 Å². The third-order valence-electron chi connectivity index (χ3n) is 5.08. The van der Waals surface area contributed by atoms with Crippen molar-refractivity contribution in [2.24, 2.45) is 10.9 Å². The molecular weight excluding hydrogens is 340 g/mol. The number of aliphatic imine (C=N–C) groups is 1. The second-order valence-electron chi connectivity index (χ2n) is 7.07. The maximum Gasteiger partial charge on any atom is 0.201 e. The highest BCUT2D eigenvalue weighted by molar-refractivity contribution is 6.01. The van der Waals surface area contributed by atoms with Crippen molar-refractivity contribution in [2.75, 3.05) is 26.3 Å². The van der Waals surface area contributed by atoms with Gasteiger partial charge in [0.2, 0.25) is 5.78 Å². The number of Topliss-reactive ketones (excluding diaryl/α,β-unsaturated/α-hetero) is 1. The molecule has 1 aromatic heterocycles. The Hall–Kier alpha value is -2.66. The number of hydrogen-bond donors (Lipinski definition) is 0. The molecule has 1 aliphatic carbocycles. The van der Waals surface area contributed by atoms with E-state index in [0.717, 1.165) is 48.5 Å². The lowest BCUT2D eigenvalue weighted by molar-refractivity contribution is 0.0683. The van der Waals surface area contributed by atoms with Crippen LogP contribution in [0, 0.1) is 12.8 Å². The molecule has 5 heteroatoms. The van der Waals surface area contributed by atoms with Crippen LogP contribution in [0.1, 0.15) is 34.5 Å². The number of carbonyl (C=O) groups excluding carboxylic acids is 1. The van der Waals surface area contributed by atoms with Gasteiger partial charge in [-0.25, -0.2) is 4.99 Å². The zero-order chi connectivity index (χ0) is 18.8. The lowest BCUT2D eigenvalue weighted by Crippen LogP contribution is -2.41. The second-order valence-corrected chi connectivity index (χ2v) is 7.07. The monoisotopic (exact) mass is 364 g/mol. The first kappa shape index (κ1) is 17.7. The molecular formula is C22H24N2O3. The third kappa shape index (κ3) is 3.74. The van der Waals surface area contributed by atoms with Crippen molar-refractivity contribution < 1.29 is 13.9 Å². The SMILES string of the molecule is C=CN=C(c1cc(-c2ccc(C(=O)C3CC3)o2)ccc1C)N1CCOCC1. The Balaban J connectivity index is 1.67. The van der Waals surface area contributed by atoms with Crippen LogP contribution in [0.4, 0.5) is 0 Å². The van der Waals surface area contributed by atoms with Crippen molar-refractivity contribution in [3.8, 4) is 11.3 Å². The molecule has 2 aliphatic rings. The van der Waals surface area contributed by atoms with E-state index in [2.05, 4.69) is 35.5 Å². The zero-order valence-electron chi connectivity index (χ0n) is 15.6. The van der Waals surface area contributed by atoms with Gasteiger partial charge in [0.1, 0.15) is 11.6 Å². The summed E-state index contributed by atoms with van der Waals surface area (Å²) in [5.74, 6) is 2.34. The number of furan rings is 1. The molecule has 0 amide bonds. The van der Waals surface area contributed by atoms with E-state index in [1.54, 1.807) is 12.3 Å². The van der Waals surface area contributed by atoms with Gasteiger partial charge in [0.15, 0.2) is 5.76 Å². The molecule has 1 saturated carbocycles. The van der Waals surface area contributed by atoms with E-state index in [0.29, 0.717) is 24.7 Å². The smallest absolute Gasteiger partial charge is 0.201 e. The van der Waals surface area contributed by atoms with Crippen LogP contribution < -0.4 is 0 Å². The molecule has 0 unspecified atom stereocenters. The summed E-state index contributed by atoms with van der Waals surface area (Å²) < 4.78 is 11.3. The third-order valence-corrected chi connectivity index (χ3v) is 5.08. The molecule has 0 spiro atoms. The van der Waals surface area contributed by atoms with Crippen molar-refractivity contribution in [2.45, 2.75) is 19.8 Å². The van der Waals surface area contributed by atoms with Crippen LogP contribution in [0.5, 0.6) is 0 Å². The van der Waals surface area contributed by atoms with Gasteiger partial charge in [-0.3, -0.25) is 4.79 Å². The van der Waals surface area contributed by atoms with Crippen LogP contribution in [0.15, 0.2) is 52.5 Å². The minimum absolute atomic E-state index is 0.121. The van der Waals surface area contributed by atoms with Gasteiger partial charge in [-0.1, -0.05) is 18.7 Å². The molecule has 1 saturated heterocycles. The highest BCUT2D eigenvalue weighted by atomic mass is 16.5. The fourth-order valence-electron chi connectivity index (χ4n) is 3.37. The highest BCUT2D eigenvalue weighted by Gasteiger charge is 2.32. The van der Waals surface area contributed by atoms with Crippen molar-refractivity contribution in [3.05, 3.63) is 60.0 Å². The standard InChI is InChI=1S/C22H24N2O3/c1-3-23-22(24-10-12-26-13-11-24)18-14-17(5-4-15(18)2)19-8-9-20(27-19)21(25)16-6-7-16/h3-5,8-9,14,16H,1,6-7,10-13H2,2H3. The average Bonchev–Trinajstić information content (AvgIpc) is 3.43. The number of ether oxygens (including phenoxy) is 1. The van der Waals surface area contributed by atoms with Crippen molar-refractivity contribution in [1.29, 1.82) is 0 Å². The summed E-state index contributed by atoms with van der Waals surface area (Å²) in [7, 11) is 0. The largest absolute Gasteiger partial charge is 0.453 e. The summed E-state index contributed by atoms with van der Waals surface area (Å²) in [5, 5.41) is 0. The summed E-state index contributed by atoms with van der Waals surface area (Å²) in [4.78, 5) is 19.0. The quantitative estimate of drug-likeness (QED) is 0.456. The molecule has 2 heterocycles. The molecule has 27 heavy (non-hydrogen) atoms. The van der Waals surface area contributed by atoms with Crippen LogP contribution in [0.3, 0.4) is 0 Å². The first-order valence-corrected chi connectivity index (χ1v) is 9.44. The molecule has 0 bridgehead atoms. The molecule has 2 fully saturated rings. The van der Waals surface area contributed by atoms with Crippen molar-refractivity contribution in [3.63, 3.8) is 0 Å². The number of amidine groups is 1. The second kappa shape index (κ2) is 7.53. The Morgan fingerprint density at radius 2 is 2.00 bits per heavy atom. The Morgan fingerprint density at radius 1 is 1.22 bits per heavy atom. The summed E-state index contributed by atoms with van der Waals surface area (Å²) in [6.07, 6.45) is 3.53. The van der Waals surface area contributed by atoms with E-state index in [1.165, 1.54) is 0 Å². The molecule has 140 valence electrons. The van der Waals surface area contributed by atoms with Crippen LogP contribution in [-0.2, 0) is 4.74 Å². The van der Waals surface area contributed by atoms with Gasteiger partial charge < -0.3 is 14.1 Å². The number of nitrogens with zero attached hydrogens (tertiary/aromatic N) is 2. The van der Waals surface area contributed by atoms with Crippen LogP contribution in [0.25, 0.3) is 11.3 Å². The normalized spacial score (nSPS) is 17.8. The number of aryl methyl sites for hydroxylation is 1. The highest BCUT2D eigenvalue weighted by Crippen LogP contribution is 2.34. The van der Waals surface area contributed by atoms with E-state index in [4.69, 9.17) is 9.15 Å². The van der Waals surface area contributed by atoms with Gasteiger partial charge in [0.05, 0.1) is 13.2 Å². The average molecular weight is 364 g/mol. The predicted octanol–water partition coefficient (Wildman–Crippen LogP) is 4.07. The van der Waals surface area contributed by atoms with Gasteiger partial charge in [0.25, 0.3) is 0 Å². The predicted molar refractivity (Wildman–Crippen MR) is 105 cm³/mol. The number of rotatable bonds is 5. The van der Waals surface area contributed by atoms with Gasteiger partial charge in [-0.15, -0.1) is 0 Å². The summed E-state index contributed by atoms with van der Waals surface area (Å²) in [6, 6.07) is 9.83. The lowest BCUT2D eigenvalue weighted by Gasteiger charge is -2.30. The Kier molecular flexibility index (Phi) is 4.94. The number of ketones is 1. The number of hydrogen-bond acceptors (Lipinski definition) is 4. The summed E-state index contributed by atoms with van der Waals surface area (Å²) in [6.45, 7) is 8.84. The number of carbonyl (C=O) groups is 1. The van der Waals surface area contributed by atoms with Gasteiger partial charge in [0, 0.05) is 36.3 Å². The fraction of sp³-hybridized carbons (Fsp3) is 0.364. The van der Waals surface area contributed by atoms with E-state index < -0.39 is 0 Å². The zero-order valence-corrected chi connectivity index (χ0v) is 15.6. The van der Waals surface area contributed by atoms with Gasteiger partial charge in [-0.2, -0.15) is 0 Å². The molecule has 0 radical (unpaired) electrons. The van der Waals surface area contributed by atoms with Crippen LogP contribution >= 0.6 is 0 Å². The Labute approximate surface area is 159 Å². The minimum Gasteiger partial charge on any atom is -0.453 e. The molecule has 0 atom stereocenters. The molecule has 5 nitrogen and oxygen atoms in total. The fourth-order valence-corrected chi connectivity index (χ4v) is 3.37. The Bertz CT molecular complexity index is 887. The summed E-state index contributed by atoms with van der Waals surface area (Å²) >= 11 is 0. The number of morpholine rings is 1. The minimum atomic E-state index is 0.121. The van der Waals surface area contributed by atoms with Crippen molar-refractivity contribution in [1.82, 2.24) is 4.90 Å². The molecule has 1 aliphatic heterocycles. The molecule has 1 aromatic carbocycles. The maximum absolute atomic E-state index is 12.2.